The standard InChI is InChI=1S/C46H32N2/c1-3-35-33-46(38-27-31-44(32-28-38)48(41-21-13-7-14-22-41)42-23-15-8-16-24-42)36(4-2)34-45(35)37-25-29-43(30-26-37)47(39-17-9-5-10-18-39)40-19-11-6-12-20-40/h1-2,5-34H. The Morgan fingerprint density at radius 2 is 0.562 bits per heavy atom. The summed E-state index contributed by atoms with van der Waals surface area (Å²) in [5.41, 5.74) is 11.9. The van der Waals surface area contributed by atoms with Crippen molar-refractivity contribution in [3.05, 3.63) is 193 Å². The molecule has 0 aliphatic rings. The van der Waals surface area contributed by atoms with Gasteiger partial charge in [-0.15, -0.1) is 12.8 Å². The van der Waals surface area contributed by atoms with Gasteiger partial charge in [-0.1, -0.05) is 109 Å². The van der Waals surface area contributed by atoms with Gasteiger partial charge in [-0.3, -0.25) is 0 Å². The van der Waals surface area contributed by atoms with Crippen molar-refractivity contribution >= 4 is 34.1 Å². The number of nitrogens with zero attached hydrogens (tertiary/aromatic N) is 2. The van der Waals surface area contributed by atoms with Crippen LogP contribution in [0.15, 0.2) is 182 Å². The molecule has 0 heterocycles. The molecule has 0 atom stereocenters. The number of hydrogen-bond acceptors (Lipinski definition) is 2. The highest BCUT2D eigenvalue weighted by molar-refractivity contribution is 5.85. The molecule has 0 aliphatic carbocycles. The summed E-state index contributed by atoms with van der Waals surface area (Å²) in [6.07, 6.45) is 12.3. The van der Waals surface area contributed by atoms with E-state index in [2.05, 4.69) is 167 Å². The fourth-order valence-corrected chi connectivity index (χ4v) is 6.10. The summed E-state index contributed by atoms with van der Waals surface area (Å²) < 4.78 is 0. The van der Waals surface area contributed by atoms with Gasteiger partial charge in [-0.2, -0.15) is 0 Å². The van der Waals surface area contributed by atoms with Crippen LogP contribution in [0, 0.1) is 24.7 Å². The van der Waals surface area contributed by atoms with Gasteiger partial charge in [0.1, 0.15) is 0 Å². The van der Waals surface area contributed by atoms with Gasteiger partial charge in [0.15, 0.2) is 0 Å². The molecule has 0 saturated carbocycles. The molecule has 0 radical (unpaired) electrons. The number of terminal acetylenes is 2. The van der Waals surface area contributed by atoms with Crippen LogP contribution in [0.25, 0.3) is 22.3 Å². The third kappa shape index (κ3) is 6.08. The summed E-state index contributed by atoms with van der Waals surface area (Å²) in [6.45, 7) is 0. The van der Waals surface area contributed by atoms with Gasteiger partial charge in [0.2, 0.25) is 0 Å². The quantitative estimate of drug-likeness (QED) is 0.158. The third-order valence-corrected chi connectivity index (χ3v) is 8.40. The molecular weight excluding hydrogens is 581 g/mol. The first-order valence-electron chi connectivity index (χ1n) is 15.9. The molecule has 2 heteroatoms. The number of anilines is 6. The molecule has 7 aromatic carbocycles. The zero-order valence-electron chi connectivity index (χ0n) is 26.4. The van der Waals surface area contributed by atoms with E-state index in [0.29, 0.717) is 0 Å². The Balaban J connectivity index is 1.23. The van der Waals surface area contributed by atoms with E-state index in [1.807, 2.05) is 36.4 Å². The maximum atomic E-state index is 6.13. The topological polar surface area (TPSA) is 6.48 Å². The maximum absolute atomic E-state index is 6.13. The van der Waals surface area contributed by atoms with Crippen LogP contribution in [-0.4, -0.2) is 0 Å². The molecule has 0 amide bonds. The Morgan fingerprint density at radius 1 is 0.312 bits per heavy atom. The second-order valence-corrected chi connectivity index (χ2v) is 11.3. The van der Waals surface area contributed by atoms with Crippen LogP contribution in [0.5, 0.6) is 0 Å². The second-order valence-electron chi connectivity index (χ2n) is 11.3. The van der Waals surface area contributed by atoms with Crippen molar-refractivity contribution in [1.29, 1.82) is 0 Å². The number of para-hydroxylation sites is 4. The van der Waals surface area contributed by atoms with Gasteiger partial charge in [-0.05, 0) is 107 Å². The van der Waals surface area contributed by atoms with E-state index >= 15 is 0 Å². The largest absolute Gasteiger partial charge is 0.311 e. The lowest BCUT2D eigenvalue weighted by Crippen LogP contribution is -2.09. The van der Waals surface area contributed by atoms with Crippen molar-refractivity contribution in [2.45, 2.75) is 0 Å². The molecule has 0 aliphatic heterocycles. The molecule has 0 fully saturated rings. The molecule has 2 nitrogen and oxygen atoms in total. The first-order chi connectivity index (χ1) is 23.7. The van der Waals surface area contributed by atoms with Crippen LogP contribution in [0.2, 0.25) is 0 Å². The molecule has 226 valence electrons. The summed E-state index contributed by atoms with van der Waals surface area (Å²) in [4.78, 5) is 4.48. The summed E-state index contributed by atoms with van der Waals surface area (Å²) in [7, 11) is 0. The van der Waals surface area contributed by atoms with Crippen molar-refractivity contribution < 1.29 is 0 Å². The number of hydrogen-bond donors (Lipinski definition) is 0. The summed E-state index contributed by atoms with van der Waals surface area (Å²) >= 11 is 0. The van der Waals surface area contributed by atoms with Crippen molar-refractivity contribution in [2.75, 3.05) is 9.80 Å². The van der Waals surface area contributed by atoms with Gasteiger partial charge in [0, 0.05) is 45.3 Å². The van der Waals surface area contributed by atoms with E-state index in [0.717, 1.165) is 67.5 Å². The first kappa shape index (κ1) is 29.9. The minimum absolute atomic E-state index is 0.791. The molecule has 0 spiro atoms. The van der Waals surface area contributed by atoms with Gasteiger partial charge in [0.05, 0.1) is 0 Å². The highest BCUT2D eigenvalue weighted by atomic mass is 15.1. The summed E-state index contributed by atoms with van der Waals surface area (Å²) in [5, 5.41) is 0. The van der Waals surface area contributed by atoms with E-state index in [1.165, 1.54) is 0 Å². The predicted molar refractivity (Wildman–Crippen MR) is 203 cm³/mol. The van der Waals surface area contributed by atoms with E-state index in [9.17, 15) is 0 Å². The van der Waals surface area contributed by atoms with Crippen LogP contribution in [0.1, 0.15) is 11.1 Å². The average Bonchev–Trinajstić information content (AvgIpc) is 3.17. The van der Waals surface area contributed by atoms with E-state index in [-0.39, 0.29) is 0 Å². The van der Waals surface area contributed by atoms with E-state index < -0.39 is 0 Å². The van der Waals surface area contributed by atoms with Gasteiger partial charge >= 0.3 is 0 Å². The van der Waals surface area contributed by atoms with Crippen molar-refractivity contribution in [1.82, 2.24) is 0 Å². The van der Waals surface area contributed by atoms with Crippen LogP contribution in [0.3, 0.4) is 0 Å². The first-order valence-corrected chi connectivity index (χ1v) is 15.9. The van der Waals surface area contributed by atoms with Gasteiger partial charge < -0.3 is 9.80 Å². The molecule has 0 bridgehead atoms. The van der Waals surface area contributed by atoms with Crippen LogP contribution >= 0.6 is 0 Å². The Hall–Kier alpha value is -6.74. The van der Waals surface area contributed by atoms with Crippen LogP contribution in [-0.2, 0) is 0 Å². The minimum Gasteiger partial charge on any atom is -0.311 e. The molecule has 0 unspecified atom stereocenters. The number of rotatable bonds is 8. The minimum atomic E-state index is 0.791. The summed E-state index contributed by atoms with van der Waals surface area (Å²) in [6, 6.07) is 62.5. The Kier molecular flexibility index (Phi) is 8.56. The molecule has 48 heavy (non-hydrogen) atoms. The summed E-state index contributed by atoms with van der Waals surface area (Å²) in [5.74, 6) is 5.86. The smallest absolute Gasteiger partial charge is 0.0462 e. The maximum Gasteiger partial charge on any atom is 0.0462 e. The fourth-order valence-electron chi connectivity index (χ4n) is 6.10. The van der Waals surface area contributed by atoms with Crippen molar-refractivity contribution in [3.8, 4) is 46.9 Å². The fraction of sp³-hybridized carbons (Fsp3) is 0. The zero-order chi connectivity index (χ0) is 32.7. The molecular formula is C46H32N2. The van der Waals surface area contributed by atoms with E-state index in [1.54, 1.807) is 0 Å². The SMILES string of the molecule is C#Cc1cc(-c2ccc(N(c3ccccc3)c3ccccc3)cc2)c(C#C)cc1-c1ccc(N(c2ccccc2)c2ccccc2)cc1. The molecule has 7 rings (SSSR count). The molecule has 0 saturated heterocycles. The Morgan fingerprint density at radius 3 is 0.812 bits per heavy atom. The second kappa shape index (κ2) is 13.7. The lowest BCUT2D eigenvalue weighted by molar-refractivity contribution is 1.28. The highest BCUT2D eigenvalue weighted by Crippen LogP contribution is 2.39. The number of benzene rings is 7. The van der Waals surface area contributed by atoms with Crippen molar-refractivity contribution in [3.63, 3.8) is 0 Å². The van der Waals surface area contributed by atoms with Gasteiger partial charge in [0.25, 0.3) is 0 Å². The molecule has 0 aromatic heterocycles. The Labute approximate surface area is 283 Å². The molecule has 7 aromatic rings. The lowest BCUT2D eigenvalue weighted by Gasteiger charge is -2.26. The van der Waals surface area contributed by atoms with Gasteiger partial charge in [-0.25, -0.2) is 0 Å². The zero-order valence-corrected chi connectivity index (χ0v) is 26.4. The Bertz CT molecular complexity index is 1970. The predicted octanol–water partition coefficient (Wildman–Crippen LogP) is 11.9. The van der Waals surface area contributed by atoms with Crippen molar-refractivity contribution in [2.24, 2.45) is 0 Å². The van der Waals surface area contributed by atoms with Crippen LogP contribution in [0.4, 0.5) is 34.1 Å². The highest BCUT2D eigenvalue weighted by Gasteiger charge is 2.16. The van der Waals surface area contributed by atoms with E-state index in [4.69, 9.17) is 12.8 Å². The normalized spacial score (nSPS) is 10.5. The van der Waals surface area contributed by atoms with Crippen LogP contribution < -0.4 is 9.80 Å². The lowest BCUT2D eigenvalue weighted by atomic mass is 9.91. The average molecular weight is 613 g/mol. The monoisotopic (exact) mass is 612 g/mol. The third-order valence-electron chi connectivity index (χ3n) is 8.40. The molecule has 0 N–H and O–H groups in total.